The van der Waals surface area contributed by atoms with Crippen LogP contribution < -0.4 is 15.6 Å². The van der Waals surface area contributed by atoms with E-state index < -0.39 is 0 Å². The summed E-state index contributed by atoms with van der Waals surface area (Å²) in [4.78, 5) is 37.3. The molecule has 0 saturated heterocycles. The molecule has 3 aromatic heterocycles. The Bertz CT molecular complexity index is 1340. The Morgan fingerprint density at radius 2 is 2.03 bits per heavy atom. The zero-order chi connectivity index (χ0) is 22.8. The van der Waals surface area contributed by atoms with Crippen molar-refractivity contribution in [2.75, 3.05) is 18.2 Å². The normalized spacial score (nSPS) is 13.5. The second-order valence-corrected chi connectivity index (χ2v) is 10.6. The quantitative estimate of drug-likeness (QED) is 0.231. The van der Waals surface area contributed by atoms with Gasteiger partial charge in [-0.05, 0) is 55.5 Å². The largest absolute Gasteiger partial charge is 0.497 e. The molecule has 0 saturated carbocycles. The zero-order valence-corrected chi connectivity index (χ0v) is 20.4. The molecule has 3 heterocycles. The third kappa shape index (κ3) is 4.55. The average molecular weight is 499 g/mol. The molecule has 1 N–H and O–H groups in total. The number of methoxy groups -OCH3 is 1. The number of nitrogens with zero attached hydrogens (tertiary/aromatic N) is 3. The van der Waals surface area contributed by atoms with E-state index in [2.05, 4.69) is 10.3 Å². The van der Waals surface area contributed by atoms with E-state index in [0.717, 1.165) is 41.5 Å². The molecule has 33 heavy (non-hydrogen) atoms. The number of carbonyl (C=O) groups is 1. The molecule has 7 nitrogen and oxygen atoms in total. The first-order chi connectivity index (χ1) is 16.1. The number of fused-ring (bicyclic) bond motifs is 3. The Balaban J connectivity index is 1.56. The fraction of sp³-hybridized carbons (Fsp3) is 0.304. The van der Waals surface area contributed by atoms with Crippen LogP contribution in [0, 0.1) is 0 Å². The van der Waals surface area contributed by atoms with Crippen LogP contribution in [0.4, 0.5) is 5.13 Å². The molecule has 1 aromatic carbocycles. The number of thiazole rings is 1. The number of aryl methyl sites for hydroxylation is 2. The Hall–Kier alpha value is -2.69. The van der Waals surface area contributed by atoms with Crippen LogP contribution in [0.2, 0.25) is 0 Å². The number of benzene rings is 1. The smallest absolute Gasteiger partial charge is 0.267 e. The Kier molecular flexibility index (Phi) is 6.48. The second-order valence-electron chi connectivity index (χ2n) is 7.65. The van der Waals surface area contributed by atoms with Gasteiger partial charge < -0.3 is 10.1 Å². The van der Waals surface area contributed by atoms with Crippen molar-refractivity contribution in [3.8, 4) is 11.4 Å². The number of hydrogen-bond acceptors (Lipinski definition) is 8. The molecule has 170 valence electrons. The summed E-state index contributed by atoms with van der Waals surface area (Å²) in [5.41, 5.74) is 1.78. The number of thiophene rings is 1. The number of aromatic nitrogens is 3. The lowest BCUT2D eigenvalue weighted by molar-refractivity contribution is -0.113. The highest BCUT2D eigenvalue weighted by Crippen LogP contribution is 2.34. The van der Waals surface area contributed by atoms with Crippen molar-refractivity contribution < 1.29 is 9.53 Å². The van der Waals surface area contributed by atoms with Crippen molar-refractivity contribution in [2.45, 2.75) is 37.3 Å². The van der Waals surface area contributed by atoms with Crippen LogP contribution >= 0.6 is 34.4 Å². The minimum absolute atomic E-state index is 0.0765. The molecule has 0 unspecified atom stereocenters. The summed E-state index contributed by atoms with van der Waals surface area (Å²) in [6.45, 7) is 0. The second kappa shape index (κ2) is 9.66. The topological polar surface area (TPSA) is 86.1 Å². The standard InChI is InChI=1S/C23H22N4O3S3/c1-30-15-9-7-14(8-10-15)27-21(29)19-16-5-3-2-4-6-17(16)33-20(19)26-23(27)32-13-18(28)25-22-24-11-12-31-22/h7-12H,2-6,13H2,1H3,(H,24,25,28). The highest BCUT2D eigenvalue weighted by atomic mass is 32.2. The molecule has 10 heteroatoms. The highest BCUT2D eigenvalue weighted by Gasteiger charge is 2.22. The predicted octanol–water partition coefficient (Wildman–Crippen LogP) is 4.91. The number of amides is 1. The van der Waals surface area contributed by atoms with Crippen LogP contribution in [-0.4, -0.2) is 33.3 Å². The van der Waals surface area contributed by atoms with Crippen molar-refractivity contribution in [1.29, 1.82) is 0 Å². The average Bonchev–Trinajstić information content (AvgIpc) is 3.39. The van der Waals surface area contributed by atoms with E-state index in [9.17, 15) is 9.59 Å². The lowest BCUT2D eigenvalue weighted by Gasteiger charge is -2.13. The van der Waals surface area contributed by atoms with E-state index in [1.807, 2.05) is 24.3 Å². The molecular formula is C23H22N4O3S3. The van der Waals surface area contributed by atoms with Crippen LogP contribution in [0.25, 0.3) is 15.9 Å². The first kappa shape index (κ1) is 22.1. The van der Waals surface area contributed by atoms with Gasteiger partial charge in [-0.2, -0.15) is 0 Å². The summed E-state index contributed by atoms with van der Waals surface area (Å²) in [7, 11) is 1.61. The fourth-order valence-corrected chi connectivity index (χ4v) is 6.65. The molecule has 4 aromatic rings. The van der Waals surface area contributed by atoms with Gasteiger partial charge in [0.15, 0.2) is 10.3 Å². The number of carbonyl (C=O) groups excluding carboxylic acids is 1. The van der Waals surface area contributed by atoms with Crippen molar-refractivity contribution in [2.24, 2.45) is 0 Å². The molecule has 0 aliphatic heterocycles. The first-order valence-corrected chi connectivity index (χ1v) is 13.4. The number of anilines is 1. The molecule has 0 bridgehead atoms. The summed E-state index contributed by atoms with van der Waals surface area (Å²) < 4.78 is 6.90. The number of rotatable bonds is 6. The maximum atomic E-state index is 13.8. The summed E-state index contributed by atoms with van der Waals surface area (Å²) in [5.74, 6) is 0.647. The van der Waals surface area contributed by atoms with Gasteiger partial charge in [-0.25, -0.2) is 9.97 Å². The SMILES string of the molecule is COc1ccc(-n2c(SCC(=O)Nc3nccs3)nc3sc4c(c3c2=O)CCCCC4)cc1. The third-order valence-electron chi connectivity index (χ3n) is 5.55. The lowest BCUT2D eigenvalue weighted by atomic mass is 10.1. The number of hydrogen-bond donors (Lipinski definition) is 1. The summed E-state index contributed by atoms with van der Waals surface area (Å²) in [6.07, 6.45) is 6.98. The van der Waals surface area contributed by atoms with E-state index in [0.29, 0.717) is 21.7 Å². The van der Waals surface area contributed by atoms with Crippen LogP contribution in [0.1, 0.15) is 29.7 Å². The van der Waals surface area contributed by atoms with Gasteiger partial charge in [0.2, 0.25) is 5.91 Å². The van der Waals surface area contributed by atoms with Gasteiger partial charge in [0, 0.05) is 16.5 Å². The molecule has 1 aliphatic rings. The molecule has 5 rings (SSSR count). The minimum atomic E-state index is -0.187. The Morgan fingerprint density at radius 3 is 2.79 bits per heavy atom. The van der Waals surface area contributed by atoms with E-state index in [1.54, 1.807) is 34.6 Å². The predicted molar refractivity (Wildman–Crippen MR) is 134 cm³/mol. The lowest BCUT2D eigenvalue weighted by Crippen LogP contribution is -2.23. The first-order valence-electron chi connectivity index (χ1n) is 10.7. The summed E-state index contributed by atoms with van der Waals surface area (Å²) >= 11 is 4.24. The molecule has 1 amide bonds. The van der Waals surface area contributed by atoms with E-state index >= 15 is 0 Å². The monoisotopic (exact) mass is 498 g/mol. The van der Waals surface area contributed by atoms with E-state index in [-0.39, 0.29) is 17.2 Å². The van der Waals surface area contributed by atoms with Crippen LogP contribution in [0.3, 0.4) is 0 Å². The molecule has 1 aliphatic carbocycles. The summed E-state index contributed by atoms with van der Waals surface area (Å²) in [5, 5.41) is 6.37. The fourth-order valence-electron chi connectivity index (χ4n) is 3.99. The molecule has 0 spiro atoms. The third-order valence-corrected chi connectivity index (χ3v) is 8.36. The van der Waals surface area contributed by atoms with Crippen molar-refractivity contribution in [3.05, 3.63) is 56.6 Å². The Labute approximate surface area is 202 Å². The van der Waals surface area contributed by atoms with Crippen LogP contribution in [0.15, 0.2) is 45.8 Å². The number of nitrogens with one attached hydrogen (secondary N) is 1. The maximum Gasteiger partial charge on any atom is 0.267 e. The van der Waals surface area contributed by atoms with Gasteiger partial charge in [-0.3, -0.25) is 14.2 Å². The van der Waals surface area contributed by atoms with Gasteiger partial charge in [-0.1, -0.05) is 18.2 Å². The van der Waals surface area contributed by atoms with Crippen LogP contribution in [0.5, 0.6) is 5.75 Å². The number of ether oxygens (including phenoxy) is 1. The highest BCUT2D eigenvalue weighted by molar-refractivity contribution is 7.99. The molecule has 0 fully saturated rings. The zero-order valence-electron chi connectivity index (χ0n) is 18.0. The van der Waals surface area contributed by atoms with E-state index in [1.165, 1.54) is 34.4 Å². The molecule has 0 radical (unpaired) electrons. The van der Waals surface area contributed by atoms with E-state index in [4.69, 9.17) is 9.72 Å². The maximum absolute atomic E-state index is 13.8. The van der Waals surface area contributed by atoms with Gasteiger partial charge in [-0.15, -0.1) is 22.7 Å². The van der Waals surface area contributed by atoms with Crippen molar-refractivity contribution in [1.82, 2.24) is 14.5 Å². The Morgan fingerprint density at radius 1 is 1.21 bits per heavy atom. The van der Waals surface area contributed by atoms with Crippen LogP contribution in [-0.2, 0) is 17.6 Å². The summed E-state index contributed by atoms with van der Waals surface area (Å²) in [6, 6.07) is 7.34. The van der Waals surface area contributed by atoms with Gasteiger partial charge in [0.25, 0.3) is 5.56 Å². The van der Waals surface area contributed by atoms with Gasteiger partial charge in [0.05, 0.1) is 23.9 Å². The van der Waals surface area contributed by atoms with Gasteiger partial charge >= 0.3 is 0 Å². The number of thioether (sulfide) groups is 1. The van der Waals surface area contributed by atoms with Gasteiger partial charge in [0.1, 0.15) is 10.6 Å². The molecule has 0 atom stereocenters. The van der Waals surface area contributed by atoms with Crippen molar-refractivity contribution >= 4 is 55.7 Å². The van der Waals surface area contributed by atoms with Crippen molar-refractivity contribution in [3.63, 3.8) is 0 Å². The minimum Gasteiger partial charge on any atom is -0.497 e. The molecular weight excluding hydrogens is 476 g/mol.